The molecule has 0 heterocycles. The summed E-state index contributed by atoms with van der Waals surface area (Å²) in [7, 11) is 0. The smallest absolute Gasteiger partial charge is 0.329 e. The van der Waals surface area contributed by atoms with Gasteiger partial charge in [-0.15, -0.1) is 0 Å². The van der Waals surface area contributed by atoms with E-state index >= 15 is 0 Å². The number of nitrogens with zero attached hydrogens (tertiary/aromatic N) is 1. The maximum Gasteiger partial charge on any atom is 0.329 e. The van der Waals surface area contributed by atoms with Crippen molar-refractivity contribution in [3.8, 4) is 0 Å². The van der Waals surface area contributed by atoms with Crippen LogP contribution in [0.5, 0.6) is 0 Å². The third-order valence-corrected chi connectivity index (χ3v) is 5.09. The Balaban J connectivity index is 1.71. The number of amides is 1. The molecule has 3 rings (SSSR count). The van der Waals surface area contributed by atoms with Crippen LogP contribution in [0.1, 0.15) is 21.5 Å². The monoisotopic (exact) mass is 480 g/mol. The zero-order valence-electron chi connectivity index (χ0n) is 16.6. The summed E-state index contributed by atoms with van der Waals surface area (Å²) in [5.74, 6) is -0.992. The van der Waals surface area contributed by atoms with Crippen molar-refractivity contribution in [1.82, 2.24) is 5.32 Å². The highest BCUT2D eigenvalue weighted by atomic mass is 79.9. The Morgan fingerprint density at radius 1 is 0.903 bits per heavy atom. The number of ether oxygens (including phenoxy) is 1. The predicted octanol–water partition coefficient (Wildman–Crippen LogP) is 4.21. The molecule has 1 unspecified atom stereocenters. The molecule has 158 valence electrons. The van der Waals surface area contributed by atoms with Crippen molar-refractivity contribution in [2.75, 3.05) is 6.61 Å². The highest BCUT2D eigenvalue weighted by Gasteiger charge is 2.24. The summed E-state index contributed by atoms with van der Waals surface area (Å²) in [6.07, 6.45) is 0.266. The molecule has 1 atom stereocenters. The zero-order chi connectivity index (χ0) is 22.1. The van der Waals surface area contributed by atoms with Crippen molar-refractivity contribution in [2.24, 2.45) is 5.16 Å². The maximum atomic E-state index is 12.8. The Hall–Kier alpha value is -3.45. The molecule has 2 N–H and O–H groups in total. The number of halogens is 1. The van der Waals surface area contributed by atoms with Crippen LogP contribution in [0, 0.1) is 0 Å². The van der Waals surface area contributed by atoms with Gasteiger partial charge in [0.15, 0.2) is 0 Å². The van der Waals surface area contributed by atoms with Crippen LogP contribution in [-0.2, 0) is 16.0 Å². The second kappa shape index (κ2) is 11.1. The van der Waals surface area contributed by atoms with Crippen molar-refractivity contribution >= 4 is 33.5 Å². The summed E-state index contributed by atoms with van der Waals surface area (Å²) in [4.78, 5) is 25.4. The van der Waals surface area contributed by atoms with E-state index in [0.29, 0.717) is 11.1 Å². The quantitative estimate of drug-likeness (QED) is 0.218. The third-order valence-electron chi connectivity index (χ3n) is 4.56. The molecule has 0 saturated heterocycles. The Morgan fingerprint density at radius 3 is 2.13 bits per heavy atom. The van der Waals surface area contributed by atoms with Gasteiger partial charge in [0.2, 0.25) is 0 Å². The summed E-state index contributed by atoms with van der Waals surface area (Å²) in [6, 6.07) is 24.2. The average molecular weight is 481 g/mol. The number of hydrogen-bond donors (Lipinski definition) is 2. The lowest BCUT2D eigenvalue weighted by Gasteiger charge is -2.18. The van der Waals surface area contributed by atoms with Gasteiger partial charge in [-0.3, -0.25) is 4.79 Å². The predicted molar refractivity (Wildman–Crippen MR) is 121 cm³/mol. The van der Waals surface area contributed by atoms with Crippen LogP contribution in [0.2, 0.25) is 0 Å². The van der Waals surface area contributed by atoms with E-state index in [1.807, 2.05) is 36.4 Å². The van der Waals surface area contributed by atoms with Crippen LogP contribution in [-0.4, -0.2) is 35.4 Å². The third kappa shape index (κ3) is 6.52. The van der Waals surface area contributed by atoms with Crippen LogP contribution >= 0.6 is 15.9 Å². The Kier molecular flexibility index (Phi) is 7.95. The van der Waals surface area contributed by atoms with E-state index < -0.39 is 12.0 Å². The number of oxime groups is 1. The van der Waals surface area contributed by atoms with E-state index in [1.54, 1.807) is 48.5 Å². The average Bonchev–Trinajstić information content (AvgIpc) is 2.81. The lowest BCUT2D eigenvalue weighted by molar-refractivity contribution is -0.144. The molecule has 0 aliphatic rings. The molecule has 6 nitrogen and oxygen atoms in total. The van der Waals surface area contributed by atoms with Crippen LogP contribution in [0.4, 0.5) is 0 Å². The van der Waals surface area contributed by atoms with E-state index in [-0.39, 0.29) is 24.6 Å². The zero-order valence-corrected chi connectivity index (χ0v) is 18.2. The minimum atomic E-state index is -0.903. The number of nitrogens with one attached hydrogen (secondary N) is 1. The first-order chi connectivity index (χ1) is 15.1. The standard InChI is InChI=1S/C24H21BrN2O4/c25-20-13-11-18(12-14-20)22(27-30)16-31-24(29)21(15-17-7-3-1-4-8-17)26-23(28)19-9-5-2-6-10-19/h1-14,21,30H,15-16H2,(H,26,28)/b27-22-. The molecule has 3 aromatic carbocycles. The van der Waals surface area contributed by atoms with Crippen molar-refractivity contribution in [1.29, 1.82) is 0 Å². The first-order valence-corrected chi connectivity index (χ1v) is 10.4. The second-order valence-electron chi connectivity index (χ2n) is 6.74. The molecular formula is C24H21BrN2O4. The fourth-order valence-corrected chi connectivity index (χ4v) is 3.19. The van der Waals surface area contributed by atoms with Gasteiger partial charge in [-0.2, -0.15) is 0 Å². The van der Waals surface area contributed by atoms with Gasteiger partial charge in [-0.25, -0.2) is 4.79 Å². The fraction of sp³-hybridized carbons (Fsp3) is 0.125. The van der Waals surface area contributed by atoms with Crippen molar-refractivity contribution < 1.29 is 19.5 Å². The van der Waals surface area contributed by atoms with Crippen LogP contribution in [0.25, 0.3) is 0 Å². The molecule has 0 radical (unpaired) electrons. The molecule has 0 aliphatic heterocycles. The number of carbonyl (C=O) groups is 2. The van der Waals surface area contributed by atoms with E-state index in [0.717, 1.165) is 10.0 Å². The highest BCUT2D eigenvalue weighted by molar-refractivity contribution is 9.10. The number of hydrogen-bond acceptors (Lipinski definition) is 5. The van der Waals surface area contributed by atoms with Gasteiger partial charge in [0.05, 0.1) is 0 Å². The minimum absolute atomic E-state index is 0.202. The molecule has 0 aromatic heterocycles. The summed E-state index contributed by atoms with van der Waals surface area (Å²) >= 11 is 3.34. The Bertz CT molecular complexity index is 1040. The molecule has 0 saturated carbocycles. The van der Waals surface area contributed by atoms with E-state index in [2.05, 4.69) is 26.4 Å². The van der Waals surface area contributed by atoms with E-state index in [9.17, 15) is 14.8 Å². The highest BCUT2D eigenvalue weighted by Crippen LogP contribution is 2.12. The summed E-state index contributed by atoms with van der Waals surface area (Å²) in [6.45, 7) is -0.233. The van der Waals surface area contributed by atoms with Crippen LogP contribution in [0.3, 0.4) is 0 Å². The fourth-order valence-electron chi connectivity index (χ4n) is 2.93. The van der Waals surface area contributed by atoms with Crippen molar-refractivity contribution in [2.45, 2.75) is 12.5 Å². The first-order valence-electron chi connectivity index (χ1n) is 9.60. The van der Waals surface area contributed by atoms with Crippen molar-refractivity contribution in [3.63, 3.8) is 0 Å². The number of carbonyl (C=O) groups excluding carboxylic acids is 2. The molecule has 0 aliphatic carbocycles. The molecule has 7 heteroatoms. The van der Waals surface area contributed by atoms with Gasteiger partial charge < -0.3 is 15.3 Å². The molecule has 31 heavy (non-hydrogen) atoms. The van der Waals surface area contributed by atoms with Crippen LogP contribution < -0.4 is 5.32 Å². The van der Waals surface area contributed by atoms with Crippen molar-refractivity contribution in [3.05, 3.63) is 106 Å². The maximum absolute atomic E-state index is 12.8. The SMILES string of the molecule is O=C(NC(Cc1ccccc1)C(=O)OC/C(=N/O)c1ccc(Br)cc1)c1ccccc1. The van der Waals surface area contributed by atoms with Crippen LogP contribution in [0.15, 0.2) is 94.6 Å². The molecule has 3 aromatic rings. The second-order valence-corrected chi connectivity index (χ2v) is 7.66. The van der Waals surface area contributed by atoms with Gasteiger partial charge in [-0.1, -0.05) is 81.7 Å². The number of rotatable bonds is 8. The van der Waals surface area contributed by atoms with E-state index in [1.165, 1.54) is 0 Å². The Morgan fingerprint density at radius 2 is 1.52 bits per heavy atom. The topological polar surface area (TPSA) is 88.0 Å². The first kappa shape index (κ1) is 22.2. The number of esters is 1. The summed E-state index contributed by atoms with van der Waals surface area (Å²) < 4.78 is 6.27. The van der Waals surface area contributed by atoms with E-state index in [4.69, 9.17) is 4.74 Å². The summed E-state index contributed by atoms with van der Waals surface area (Å²) in [5, 5.41) is 15.3. The molecule has 0 spiro atoms. The van der Waals surface area contributed by atoms with Gasteiger partial charge >= 0.3 is 5.97 Å². The molecule has 0 fully saturated rings. The van der Waals surface area contributed by atoms with Gasteiger partial charge in [0.1, 0.15) is 18.4 Å². The Labute approximate surface area is 188 Å². The van der Waals surface area contributed by atoms with Gasteiger partial charge in [0, 0.05) is 22.0 Å². The lowest BCUT2D eigenvalue weighted by atomic mass is 10.1. The van der Waals surface area contributed by atoms with Gasteiger partial charge in [-0.05, 0) is 29.8 Å². The largest absolute Gasteiger partial charge is 0.457 e. The lowest BCUT2D eigenvalue weighted by Crippen LogP contribution is -2.43. The molecular weight excluding hydrogens is 460 g/mol. The minimum Gasteiger partial charge on any atom is -0.457 e. The van der Waals surface area contributed by atoms with Gasteiger partial charge in [0.25, 0.3) is 5.91 Å². The normalized spacial score (nSPS) is 12.1. The molecule has 1 amide bonds. The molecule has 0 bridgehead atoms. The number of benzene rings is 3. The summed E-state index contributed by atoms with van der Waals surface area (Å²) in [5.41, 5.74) is 2.14.